The molecule has 1 saturated heterocycles. The molecule has 0 N–H and O–H groups in total. The minimum absolute atomic E-state index is 0.00463. The van der Waals surface area contributed by atoms with E-state index in [1.165, 1.54) is 10.6 Å². The molecule has 1 fully saturated rings. The van der Waals surface area contributed by atoms with Crippen molar-refractivity contribution in [3.05, 3.63) is 0 Å². The summed E-state index contributed by atoms with van der Waals surface area (Å²) in [5, 5.41) is 0. The van der Waals surface area contributed by atoms with Crippen LogP contribution in [-0.2, 0) is 14.8 Å². The lowest BCUT2D eigenvalue weighted by Crippen LogP contribution is -2.33. The van der Waals surface area contributed by atoms with Gasteiger partial charge in [-0.2, -0.15) is 4.31 Å². The predicted molar refractivity (Wildman–Crippen MR) is 37.0 cm³/mol. The highest BCUT2D eigenvalue weighted by atomic mass is 32.2. The maximum atomic E-state index is 10.9. The highest BCUT2D eigenvalue weighted by Crippen LogP contribution is 2.11. The second-order valence-corrected chi connectivity index (χ2v) is 4.43. The smallest absolute Gasteiger partial charge is 0.213 e. The van der Waals surface area contributed by atoms with E-state index in [1.807, 2.05) is 6.92 Å². The van der Waals surface area contributed by atoms with Crippen molar-refractivity contribution in [2.24, 2.45) is 0 Å². The van der Waals surface area contributed by atoms with E-state index in [9.17, 15) is 8.42 Å². The number of nitrogens with zero attached hydrogens (tertiary/aromatic N) is 1. The molecule has 1 aliphatic heterocycles. The summed E-state index contributed by atoms with van der Waals surface area (Å²) in [6.07, 6.45) is 1.19. The Morgan fingerprint density at radius 3 is 2.40 bits per heavy atom. The molecule has 0 amide bonds. The standard InChI is InChI=1S/C5H11NO3S/c1-5-3-9-4-6(5)10(2,7)8/h5H,3-4H2,1-2H3/t5-/m0/s1. The van der Waals surface area contributed by atoms with Crippen LogP contribution in [0.3, 0.4) is 0 Å². The van der Waals surface area contributed by atoms with Crippen molar-refractivity contribution >= 4 is 10.0 Å². The number of sulfonamides is 1. The van der Waals surface area contributed by atoms with Crippen LogP contribution in [0.4, 0.5) is 0 Å². The first-order valence-electron chi connectivity index (χ1n) is 3.06. The zero-order valence-corrected chi connectivity index (χ0v) is 6.89. The summed E-state index contributed by atoms with van der Waals surface area (Å²) in [4.78, 5) is 0. The van der Waals surface area contributed by atoms with Crippen LogP contribution in [0.25, 0.3) is 0 Å². The van der Waals surface area contributed by atoms with E-state index >= 15 is 0 Å². The molecular weight excluding hydrogens is 154 g/mol. The van der Waals surface area contributed by atoms with Gasteiger partial charge in [0.15, 0.2) is 0 Å². The summed E-state index contributed by atoms with van der Waals surface area (Å²) in [5.41, 5.74) is 0. The van der Waals surface area contributed by atoms with Gasteiger partial charge in [-0.25, -0.2) is 8.42 Å². The van der Waals surface area contributed by atoms with E-state index in [2.05, 4.69) is 0 Å². The number of hydrogen-bond donors (Lipinski definition) is 0. The average Bonchev–Trinajstić information content (AvgIpc) is 2.11. The van der Waals surface area contributed by atoms with E-state index in [4.69, 9.17) is 4.74 Å². The zero-order chi connectivity index (χ0) is 7.78. The normalized spacial score (nSPS) is 29.2. The molecule has 5 heteroatoms. The third kappa shape index (κ3) is 1.47. The predicted octanol–water partition coefficient (Wildman–Crippen LogP) is -0.376. The molecule has 0 saturated carbocycles. The Morgan fingerprint density at radius 2 is 2.20 bits per heavy atom. The van der Waals surface area contributed by atoms with Gasteiger partial charge in [-0.05, 0) is 6.92 Å². The van der Waals surface area contributed by atoms with Gasteiger partial charge >= 0.3 is 0 Å². The first-order valence-corrected chi connectivity index (χ1v) is 4.91. The quantitative estimate of drug-likeness (QED) is 0.532. The minimum atomic E-state index is -3.04. The lowest BCUT2D eigenvalue weighted by atomic mass is 10.4. The molecular formula is C5H11NO3S. The van der Waals surface area contributed by atoms with Crippen molar-refractivity contribution in [2.45, 2.75) is 13.0 Å². The number of rotatable bonds is 1. The molecule has 60 valence electrons. The molecule has 0 unspecified atom stereocenters. The summed E-state index contributed by atoms with van der Waals surface area (Å²) in [5.74, 6) is 0. The lowest BCUT2D eigenvalue weighted by molar-refractivity contribution is 0.172. The Morgan fingerprint density at radius 1 is 1.60 bits per heavy atom. The highest BCUT2D eigenvalue weighted by molar-refractivity contribution is 7.88. The number of hydrogen-bond acceptors (Lipinski definition) is 3. The maximum absolute atomic E-state index is 10.9. The Labute approximate surface area is 60.8 Å². The Bertz CT molecular complexity index is 211. The fraction of sp³-hybridized carbons (Fsp3) is 1.00. The van der Waals surface area contributed by atoms with Gasteiger partial charge < -0.3 is 4.74 Å². The largest absolute Gasteiger partial charge is 0.363 e. The zero-order valence-electron chi connectivity index (χ0n) is 6.07. The third-order valence-corrected chi connectivity index (χ3v) is 2.81. The van der Waals surface area contributed by atoms with Crippen molar-refractivity contribution in [1.29, 1.82) is 0 Å². The SMILES string of the molecule is C[C@H]1COCN1S(C)(=O)=O. The Balaban J connectivity index is 2.74. The van der Waals surface area contributed by atoms with Crippen LogP contribution >= 0.6 is 0 Å². The van der Waals surface area contributed by atoms with Crippen molar-refractivity contribution in [3.63, 3.8) is 0 Å². The molecule has 10 heavy (non-hydrogen) atoms. The van der Waals surface area contributed by atoms with Gasteiger partial charge in [0.1, 0.15) is 6.73 Å². The van der Waals surface area contributed by atoms with E-state index in [-0.39, 0.29) is 12.8 Å². The molecule has 1 heterocycles. The van der Waals surface area contributed by atoms with Crippen molar-refractivity contribution in [2.75, 3.05) is 19.6 Å². The second kappa shape index (κ2) is 2.48. The summed E-state index contributed by atoms with van der Waals surface area (Å²) in [7, 11) is -3.04. The maximum Gasteiger partial charge on any atom is 0.213 e. The molecule has 1 atom stereocenters. The van der Waals surface area contributed by atoms with E-state index < -0.39 is 10.0 Å². The molecule has 1 aliphatic rings. The van der Waals surface area contributed by atoms with Gasteiger partial charge in [0, 0.05) is 6.04 Å². The molecule has 0 aliphatic carbocycles. The second-order valence-electron chi connectivity index (χ2n) is 2.50. The Hall–Kier alpha value is -0.130. The first kappa shape index (κ1) is 7.97. The van der Waals surface area contributed by atoms with Gasteiger partial charge in [0.2, 0.25) is 10.0 Å². The van der Waals surface area contributed by atoms with Crippen LogP contribution in [-0.4, -0.2) is 38.4 Å². The molecule has 0 aromatic rings. The van der Waals surface area contributed by atoms with Crippen LogP contribution in [0.1, 0.15) is 6.92 Å². The fourth-order valence-electron chi connectivity index (χ4n) is 0.946. The van der Waals surface area contributed by atoms with E-state index in [1.54, 1.807) is 0 Å². The summed E-state index contributed by atoms with van der Waals surface area (Å²) < 4.78 is 28.1. The monoisotopic (exact) mass is 165 g/mol. The van der Waals surface area contributed by atoms with Crippen molar-refractivity contribution < 1.29 is 13.2 Å². The summed E-state index contributed by atoms with van der Waals surface area (Å²) in [6.45, 7) is 2.54. The van der Waals surface area contributed by atoms with Gasteiger partial charge in [0.05, 0.1) is 12.9 Å². The molecule has 0 aromatic carbocycles. The molecule has 0 radical (unpaired) electrons. The van der Waals surface area contributed by atoms with Crippen LogP contribution in [0, 0.1) is 0 Å². The van der Waals surface area contributed by atoms with Crippen LogP contribution < -0.4 is 0 Å². The van der Waals surface area contributed by atoms with Gasteiger partial charge in [-0.3, -0.25) is 0 Å². The minimum Gasteiger partial charge on any atom is -0.363 e. The molecule has 1 rings (SSSR count). The highest BCUT2D eigenvalue weighted by Gasteiger charge is 2.28. The van der Waals surface area contributed by atoms with Gasteiger partial charge in [-0.15, -0.1) is 0 Å². The number of ether oxygens (including phenoxy) is 1. The Kier molecular flexibility index (Phi) is 1.98. The average molecular weight is 165 g/mol. The fourth-order valence-corrected chi connectivity index (χ4v) is 1.93. The van der Waals surface area contributed by atoms with Crippen LogP contribution in [0.15, 0.2) is 0 Å². The van der Waals surface area contributed by atoms with E-state index in [0.717, 1.165) is 0 Å². The third-order valence-electron chi connectivity index (χ3n) is 1.50. The molecule has 0 bridgehead atoms. The first-order chi connectivity index (χ1) is 4.52. The molecule has 0 spiro atoms. The van der Waals surface area contributed by atoms with Gasteiger partial charge in [0.25, 0.3) is 0 Å². The van der Waals surface area contributed by atoms with Gasteiger partial charge in [-0.1, -0.05) is 0 Å². The van der Waals surface area contributed by atoms with Crippen molar-refractivity contribution in [1.82, 2.24) is 4.31 Å². The van der Waals surface area contributed by atoms with E-state index in [0.29, 0.717) is 6.61 Å². The summed E-state index contributed by atoms with van der Waals surface area (Å²) in [6, 6.07) is -0.00463. The summed E-state index contributed by atoms with van der Waals surface area (Å²) >= 11 is 0. The topological polar surface area (TPSA) is 46.6 Å². The van der Waals surface area contributed by atoms with Crippen LogP contribution in [0.2, 0.25) is 0 Å². The van der Waals surface area contributed by atoms with Crippen LogP contribution in [0.5, 0.6) is 0 Å². The molecule has 0 aromatic heterocycles. The molecule has 4 nitrogen and oxygen atoms in total. The lowest BCUT2D eigenvalue weighted by Gasteiger charge is -2.14. The van der Waals surface area contributed by atoms with Crippen molar-refractivity contribution in [3.8, 4) is 0 Å².